The second-order valence-electron chi connectivity index (χ2n) is 3.76. The molecule has 0 spiro atoms. The van der Waals surface area contributed by atoms with Crippen LogP contribution in [0.2, 0.25) is 0 Å². The molecule has 1 saturated heterocycles. The predicted molar refractivity (Wildman–Crippen MR) is 71.1 cm³/mol. The molecule has 0 bridgehead atoms. The molecule has 6 heteroatoms. The molecule has 0 aromatic carbocycles. The van der Waals surface area contributed by atoms with Crippen LogP contribution in [0.1, 0.15) is 19.3 Å². The second-order valence-corrected chi connectivity index (χ2v) is 5.96. The van der Waals surface area contributed by atoms with E-state index in [1.807, 2.05) is 11.8 Å². The van der Waals surface area contributed by atoms with Crippen LogP contribution in [-0.4, -0.2) is 27.5 Å². The summed E-state index contributed by atoms with van der Waals surface area (Å²) in [5, 5.41) is 3.87. The van der Waals surface area contributed by atoms with Crippen molar-refractivity contribution >= 4 is 33.5 Å². The van der Waals surface area contributed by atoms with Gasteiger partial charge in [-0.1, -0.05) is 6.42 Å². The van der Waals surface area contributed by atoms with Gasteiger partial charge in [0.2, 0.25) is 0 Å². The maximum absolute atomic E-state index is 11.3. The first kappa shape index (κ1) is 12.0. The van der Waals surface area contributed by atoms with E-state index in [9.17, 15) is 4.79 Å². The summed E-state index contributed by atoms with van der Waals surface area (Å²) >= 11 is 5.23. The van der Waals surface area contributed by atoms with Crippen LogP contribution in [0.15, 0.2) is 15.6 Å². The molecule has 0 radical (unpaired) electrons. The van der Waals surface area contributed by atoms with Crippen molar-refractivity contribution < 1.29 is 0 Å². The fourth-order valence-electron chi connectivity index (χ4n) is 1.69. The molecule has 1 aliphatic rings. The van der Waals surface area contributed by atoms with Crippen molar-refractivity contribution in [3.05, 3.63) is 21.2 Å². The fraction of sp³-hybridized carbons (Fsp3) is 0.600. The summed E-state index contributed by atoms with van der Waals surface area (Å²) in [5.74, 6) is 1.88. The molecule has 0 aliphatic carbocycles. The average molecular weight is 304 g/mol. The minimum absolute atomic E-state index is 0.145. The minimum Gasteiger partial charge on any atom is -0.368 e. The Kier molecular flexibility index (Phi) is 4.29. The molecular formula is C10H14BrN3OS. The Balaban J connectivity index is 1.93. The quantitative estimate of drug-likeness (QED) is 0.899. The molecule has 2 rings (SSSR count). The zero-order chi connectivity index (χ0) is 11.4. The molecule has 1 fully saturated rings. The number of halogens is 1. The van der Waals surface area contributed by atoms with E-state index in [4.69, 9.17) is 0 Å². The lowest BCUT2D eigenvalue weighted by Crippen LogP contribution is -2.22. The van der Waals surface area contributed by atoms with E-state index in [-0.39, 0.29) is 5.56 Å². The highest BCUT2D eigenvalue weighted by Gasteiger charge is 2.14. The van der Waals surface area contributed by atoms with Gasteiger partial charge in [0.05, 0.1) is 6.33 Å². The molecule has 1 unspecified atom stereocenters. The standard InChI is InChI=1S/C10H14BrN3OS/c11-8-9(13-6-14-10(8)15)12-5-7-3-1-2-4-16-7/h6-7H,1-5H2,(H2,12,13,14,15). The van der Waals surface area contributed by atoms with Crippen molar-refractivity contribution in [1.82, 2.24) is 9.97 Å². The molecular weight excluding hydrogens is 290 g/mol. The number of thioether (sulfide) groups is 1. The predicted octanol–water partition coefficient (Wildman–Crippen LogP) is 2.23. The Morgan fingerprint density at radius 2 is 2.50 bits per heavy atom. The number of rotatable bonds is 3. The second kappa shape index (κ2) is 5.72. The summed E-state index contributed by atoms with van der Waals surface area (Å²) in [6.07, 6.45) is 5.30. The third-order valence-corrected chi connectivity index (χ3v) is 4.70. The summed E-state index contributed by atoms with van der Waals surface area (Å²) in [5.41, 5.74) is -0.145. The van der Waals surface area contributed by atoms with E-state index >= 15 is 0 Å². The lowest BCUT2D eigenvalue weighted by molar-refractivity contribution is 0.676. The van der Waals surface area contributed by atoms with Crippen LogP contribution in [0.5, 0.6) is 0 Å². The fourth-order valence-corrected chi connectivity index (χ4v) is 3.28. The van der Waals surface area contributed by atoms with E-state index in [1.54, 1.807) is 0 Å². The van der Waals surface area contributed by atoms with Gasteiger partial charge in [0, 0.05) is 11.8 Å². The van der Waals surface area contributed by atoms with Crippen molar-refractivity contribution in [2.75, 3.05) is 17.6 Å². The van der Waals surface area contributed by atoms with Crippen LogP contribution in [-0.2, 0) is 0 Å². The summed E-state index contributed by atoms with van der Waals surface area (Å²) in [7, 11) is 0. The highest BCUT2D eigenvalue weighted by atomic mass is 79.9. The maximum Gasteiger partial charge on any atom is 0.267 e. The Bertz CT molecular complexity index is 403. The van der Waals surface area contributed by atoms with Crippen LogP contribution >= 0.6 is 27.7 Å². The molecule has 1 atom stereocenters. The van der Waals surface area contributed by atoms with Crippen LogP contribution in [0, 0.1) is 0 Å². The molecule has 4 nitrogen and oxygen atoms in total. The van der Waals surface area contributed by atoms with E-state index in [0.29, 0.717) is 15.5 Å². The van der Waals surface area contributed by atoms with Gasteiger partial charge in [0.1, 0.15) is 10.3 Å². The SMILES string of the molecule is O=c1[nH]cnc(NCC2CCCCS2)c1Br. The molecule has 2 heterocycles. The third-order valence-electron chi connectivity index (χ3n) is 2.57. The zero-order valence-electron chi connectivity index (χ0n) is 8.83. The number of anilines is 1. The Hall–Kier alpha value is -0.490. The van der Waals surface area contributed by atoms with Crippen molar-refractivity contribution in [1.29, 1.82) is 0 Å². The monoisotopic (exact) mass is 303 g/mol. The topological polar surface area (TPSA) is 57.8 Å². The number of aromatic amines is 1. The van der Waals surface area contributed by atoms with E-state index in [1.165, 1.54) is 31.3 Å². The van der Waals surface area contributed by atoms with Gasteiger partial charge < -0.3 is 10.3 Å². The summed E-state index contributed by atoms with van der Waals surface area (Å²) in [6, 6.07) is 0. The van der Waals surface area contributed by atoms with Crippen LogP contribution in [0.25, 0.3) is 0 Å². The minimum atomic E-state index is -0.145. The molecule has 16 heavy (non-hydrogen) atoms. The van der Waals surface area contributed by atoms with Crippen LogP contribution in [0.4, 0.5) is 5.82 Å². The third kappa shape index (κ3) is 3.01. The smallest absolute Gasteiger partial charge is 0.267 e. The first-order valence-electron chi connectivity index (χ1n) is 5.36. The number of nitrogens with zero attached hydrogens (tertiary/aromatic N) is 1. The van der Waals surface area contributed by atoms with E-state index in [2.05, 4.69) is 31.2 Å². The lowest BCUT2D eigenvalue weighted by atomic mass is 10.2. The van der Waals surface area contributed by atoms with Gasteiger partial charge in [0.25, 0.3) is 5.56 Å². The molecule has 0 amide bonds. The van der Waals surface area contributed by atoms with Gasteiger partial charge in [-0.2, -0.15) is 11.8 Å². The number of hydrogen-bond donors (Lipinski definition) is 2. The number of nitrogens with one attached hydrogen (secondary N) is 2. The summed E-state index contributed by atoms with van der Waals surface area (Å²) in [6.45, 7) is 0.875. The molecule has 1 aromatic heterocycles. The maximum atomic E-state index is 11.3. The van der Waals surface area contributed by atoms with Gasteiger partial charge in [0.15, 0.2) is 0 Å². The first-order valence-corrected chi connectivity index (χ1v) is 7.20. The van der Waals surface area contributed by atoms with Crippen LogP contribution < -0.4 is 10.9 Å². The molecule has 2 N–H and O–H groups in total. The van der Waals surface area contributed by atoms with Crippen molar-refractivity contribution in [2.24, 2.45) is 0 Å². The van der Waals surface area contributed by atoms with E-state index in [0.717, 1.165) is 6.54 Å². The van der Waals surface area contributed by atoms with Gasteiger partial charge >= 0.3 is 0 Å². The van der Waals surface area contributed by atoms with Gasteiger partial charge in [-0.3, -0.25) is 4.79 Å². The summed E-state index contributed by atoms with van der Waals surface area (Å²) in [4.78, 5) is 17.9. The summed E-state index contributed by atoms with van der Waals surface area (Å²) < 4.78 is 0.482. The van der Waals surface area contributed by atoms with Gasteiger partial charge in [-0.05, 0) is 34.5 Å². The van der Waals surface area contributed by atoms with Crippen molar-refractivity contribution in [2.45, 2.75) is 24.5 Å². The van der Waals surface area contributed by atoms with Crippen LogP contribution in [0.3, 0.4) is 0 Å². The van der Waals surface area contributed by atoms with E-state index < -0.39 is 0 Å². The normalized spacial score (nSPS) is 20.7. The largest absolute Gasteiger partial charge is 0.368 e. The number of hydrogen-bond acceptors (Lipinski definition) is 4. The highest BCUT2D eigenvalue weighted by molar-refractivity contribution is 9.10. The Morgan fingerprint density at radius 3 is 3.25 bits per heavy atom. The zero-order valence-corrected chi connectivity index (χ0v) is 11.2. The molecule has 88 valence electrons. The Morgan fingerprint density at radius 1 is 1.62 bits per heavy atom. The van der Waals surface area contributed by atoms with Crippen molar-refractivity contribution in [3.63, 3.8) is 0 Å². The molecule has 0 saturated carbocycles. The molecule has 1 aromatic rings. The average Bonchev–Trinajstić information content (AvgIpc) is 2.32. The Labute approximate surface area is 107 Å². The molecule has 1 aliphatic heterocycles. The van der Waals surface area contributed by atoms with Gasteiger partial charge in [-0.25, -0.2) is 4.98 Å². The number of H-pyrrole nitrogens is 1. The lowest BCUT2D eigenvalue weighted by Gasteiger charge is -2.21. The van der Waals surface area contributed by atoms with Crippen molar-refractivity contribution in [3.8, 4) is 0 Å². The first-order chi connectivity index (χ1) is 7.77. The number of aromatic nitrogens is 2. The van der Waals surface area contributed by atoms with Gasteiger partial charge in [-0.15, -0.1) is 0 Å². The highest BCUT2D eigenvalue weighted by Crippen LogP contribution is 2.25.